The van der Waals surface area contributed by atoms with Crippen LogP contribution >= 0.6 is 0 Å². The van der Waals surface area contributed by atoms with Gasteiger partial charge < -0.3 is 0 Å². The Balaban J connectivity index is 1.96. The van der Waals surface area contributed by atoms with E-state index >= 15 is 0 Å². The van der Waals surface area contributed by atoms with Crippen molar-refractivity contribution in [1.82, 2.24) is 4.31 Å². The highest BCUT2D eigenvalue weighted by molar-refractivity contribution is 7.89. The summed E-state index contributed by atoms with van der Waals surface area (Å²) in [5, 5.41) is 0. The standard InChI is InChI=1S/C17H21NO3S/c1-13-6-10-15(11-7-13)22(20,21)18-12-4-2-3-5-16(17(18)19)14-8-9-14/h5-7,10-11,14H,2-4,8-9,12H2,1H3/b16-5-. The molecule has 1 aliphatic carbocycles. The van der Waals surface area contributed by atoms with E-state index in [0.717, 1.165) is 35.6 Å². The first kappa shape index (κ1) is 15.3. The second-order valence-corrected chi connectivity index (χ2v) is 7.99. The highest BCUT2D eigenvalue weighted by Gasteiger charge is 2.37. The lowest BCUT2D eigenvalue weighted by Crippen LogP contribution is -2.39. The van der Waals surface area contributed by atoms with Gasteiger partial charge in [0.15, 0.2) is 0 Å². The van der Waals surface area contributed by atoms with Gasteiger partial charge in [0.25, 0.3) is 15.9 Å². The predicted molar refractivity (Wildman–Crippen MR) is 84.7 cm³/mol. The zero-order chi connectivity index (χ0) is 15.7. The molecule has 1 saturated carbocycles. The van der Waals surface area contributed by atoms with Crippen LogP contribution in [0.3, 0.4) is 0 Å². The summed E-state index contributed by atoms with van der Waals surface area (Å²) in [4.78, 5) is 12.9. The van der Waals surface area contributed by atoms with Crippen LogP contribution in [0.5, 0.6) is 0 Å². The van der Waals surface area contributed by atoms with E-state index in [1.807, 2.05) is 13.0 Å². The largest absolute Gasteiger partial charge is 0.268 e. The first-order valence-corrected chi connectivity index (χ1v) is 9.28. The van der Waals surface area contributed by atoms with Gasteiger partial charge in [0.2, 0.25) is 0 Å². The molecule has 118 valence electrons. The molecule has 0 bridgehead atoms. The second-order valence-electron chi connectivity index (χ2n) is 6.12. The summed E-state index contributed by atoms with van der Waals surface area (Å²) < 4.78 is 26.8. The van der Waals surface area contributed by atoms with Crippen molar-refractivity contribution in [3.63, 3.8) is 0 Å². The SMILES string of the molecule is Cc1ccc(S(=O)(=O)N2CCCC/C=C(/C3CC3)C2=O)cc1. The molecule has 1 fully saturated rings. The highest BCUT2D eigenvalue weighted by Crippen LogP contribution is 2.39. The lowest BCUT2D eigenvalue weighted by Gasteiger charge is -2.25. The molecule has 1 heterocycles. The van der Waals surface area contributed by atoms with E-state index in [9.17, 15) is 13.2 Å². The number of amides is 1. The quantitative estimate of drug-likeness (QED) is 0.860. The number of aryl methyl sites for hydroxylation is 1. The van der Waals surface area contributed by atoms with Gasteiger partial charge in [0.1, 0.15) is 0 Å². The number of carbonyl (C=O) groups excluding carboxylic acids is 1. The van der Waals surface area contributed by atoms with Gasteiger partial charge in [0, 0.05) is 12.1 Å². The molecule has 1 aliphatic heterocycles. The third-order valence-corrected chi connectivity index (χ3v) is 6.08. The molecule has 0 N–H and O–H groups in total. The molecule has 2 aliphatic rings. The number of sulfonamides is 1. The summed E-state index contributed by atoms with van der Waals surface area (Å²) in [5.74, 6) is -0.0518. The predicted octanol–water partition coefficient (Wildman–Crippen LogP) is 3.03. The van der Waals surface area contributed by atoms with Gasteiger partial charge in [-0.05, 0) is 57.1 Å². The monoisotopic (exact) mass is 319 g/mol. The Labute approximate surface area is 131 Å². The van der Waals surface area contributed by atoms with Crippen molar-refractivity contribution in [1.29, 1.82) is 0 Å². The highest BCUT2D eigenvalue weighted by atomic mass is 32.2. The zero-order valence-corrected chi connectivity index (χ0v) is 13.6. The fourth-order valence-corrected chi connectivity index (χ4v) is 4.22. The van der Waals surface area contributed by atoms with E-state index in [-0.39, 0.29) is 23.3 Å². The summed E-state index contributed by atoms with van der Waals surface area (Å²) in [5.41, 5.74) is 1.70. The molecule has 22 heavy (non-hydrogen) atoms. The average molecular weight is 319 g/mol. The lowest BCUT2D eigenvalue weighted by molar-refractivity contribution is -0.123. The molecule has 1 aromatic carbocycles. The van der Waals surface area contributed by atoms with E-state index in [1.165, 1.54) is 0 Å². The Bertz CT molecular complexity index is 700. The van der Waals surface area contributed by atoms with Gasteiger partial charge in [-0.25, -0.2) is 12.7 Å². The summed E-state index contributed by atoms with van der Waals surface area (Å²) in [7, 11) is -3.76. The average Bonchev–Trinajstić information content (AvgIpc) is 3.28. The molecule has 1 aromatic rings. The van der Waals surface area contributed by atoms with Crippen LogP contribution in [-0.2, 0) is 14.8 Å². The lowest BCUT2D eigenvalue weighted by atomic mass is 10.1. The fourth-order valence-electron chi connectivity index (χ4n) is 2.79. The second kappa shape index (κ2) is 5.88. The van der Waals surface area contributed by atoms with Crippen LogP contribution < -0.4 is 0 Å². The summed E-state index contributed by atoms with van der Waals surface area (Å²) in [6.07, 6.45) is 6.45. The molecule has 0 atom stereocenters. The van der Waals surface area contributed by atoms with Crippen LogP contribution in [0.2, 0.25) is 0 Å². The molecule has 0 aromatic heterocycles. The molecule has 3 rings (SSSR count). The van der Waals surface area contributed by atoms with Crippen LogP contribution in [0.1, 0.15) is 37.7 Å². The smallest absolute Gasteiger partial charge is 0.266 e. The molecule has 4 nitrogen and oxygen atoms in total. The molecule has 0 saturated heterocycles. The maximum atomic E-state index is 12.8. The molecule has 0 unspecified atom stereocenters. The van der Waals surface area contributed by atoms with Gasteiger partial charge in [0.05, 0.1) is 4.90 Å². The van der Waals surface area contributed by atoms with E-state index < -0.39 is 10.0 Å². The third kappa shape index (κ3) is 2.95. The van der Waals surface area contributed by atoms with Gasteiger partial charge >= 0.3 is 0 Å². The topological polar surface area (TPSA) is 54.5 Å². The van der Waals surface area contributed by atoms with Crippen LogP contribution in [0.15, 0.2) is 40.8 Å². The van der Waals surface area contributed by atoms with Gasteiger partial charge in [-0.2, -0.15) is 0 Å². The van der Waals surface area contributed by atoms with Crippen molar-refractivity contribution in [2.24, 2.45) is 5.92 Å². The van der Waals surface area contributed by atoms with Crippen LogP contribution in [-0.4, -0.2) is 25.2 Å². The number of hydrogen-bond donors (Lipinski definition) is 0. The molecule has 0 radical (unpaired) electrons. The fraction of sp³-hybridized carbons (Fsp3) is 0.471. The minimum absolute atomic E-state index is 0.196. The third-order valence-electron chi connectivity index (χ3n) is 4.28. The zero-order valence-electron chi connectivity index (χ0n) is 12.8. The van der Waals surface area contributed by atoms with Gasteiger partial charge in [-0.3, -0.25) is 4.79 Å². The van der Waals surface area contributed by atoms with Crippen molar-refractivity contribution < 1.29 is 13.2 Å². The molecule has 5 heteroatoms. The van der Waals surface area contributed by atoms with Crippen molar-refractivity contribution in [2.45, 2.75) is 43.9 Å². The Kier molecular flexibility index (Phi) is 4.08. The summed E-state index contributed by atoms with van der Waals surface area (Å²) in [6.45, 7) is 2.19. The van der Waals surface area contributed by atoms with Gasteiger partial charge in [-0.1, -0.05) is 23.8 Å². The minimum Gasteiger partial charge on any atom is -0.268 e. The van der Waals surface area contributed by atoms with Crippen LogP contribution in [0.25, 0.3) is 0 Å². The molecule has 0 spiro atoms. The van der Waals surface area contributed by atoms with Gasteiger partial charge in [-0.15, -0.1) is 0 Å². The van der Waals surface area contributed by atoms with Crippen LogP contribution in [0.4, 0.5) is 0 Å². The molecule has 1 amide bonds. The minimum atomic E-state index is -3.76. The summed E-state index contributed by atoms with van der Waals surface area (Å²) >= 11 is 0. The number of allylic oxidation sites excluding steroid dienone is 1. The number of rotatable bonds is 3. The number of nitrogens with zero attached hydrogens (tertiary/aromatic N) is 1. The van der Waals surface area contributed by atoms with E-state index in [4.69, 9.17) is 0 Å². The van der Waals surface area contributed by atoms with Crippen LogP contribution in [0, 0.1) is 12.8 Å². The first-order chi connectivity index (χ1) is 10.5. The molecular weight excluding hydrogens is 298 g/mol. The summed E-state index contributed by atoms with van der Waals surface area (Å²) in [6, 6.07) is 6.69. The van der Waals surface area contributed by atoms with Crippen molar-refractivity contribution in [2.75, 3.05) is 6.54 Å². The van der Waals surface area contributed by atoms with E-state index in [0.29, 0.717) is 12.0 Å². The van der Waals surface area contributed by atoms with Crippen molar-refractivity contribution >= 4 is 15.9 Å². The number of hydrogen-bond acceptors (Lipinski definition) is 3. The molecular formula is C17H21NO3S. The van der Waals surface area contributed by atoms with E-state index in [1.54, 1.807) is 24.3 Å². The van der Waals surface area contributed by atoms with Crippen molar-refractivity contribution in [3.8, 4) is 0 Å². The Morgan fingerprint density at radius 1 is 1.09 bits per heavy atom. The number of benzene rings is 1. The van der Waals surface area contributed by atoms with E-state index in [2.05, 4.69) is 0 Å². The number of carbonyl (C=O) groups is 1. The Morgan fingerprint density at radius 2 is 1.77 bits per heavy atom. The normalized spacial score (nSPS) is 22.7. The maximum Gasteiger partial charge on any atom is 0.266 e. The first-order valence-electron chi connectivity index (χ1n) is 7.84. The Morgan fingerprint density at radius 3 is 2.41 bits per heavy atom. The Hall–Kier alpha value is -1.62. The van der Waals surface area contributed by atoms with Crippen molar-refractivity contribution in [3.05, 3.63) is 41.5 Å². The maximum absolute atomic E-state index is 12.8.